The Labute approximate surface area is 85.1 Å². The standard InChI is InChI=1S/C11H17N3/c1-3-7-13-11-9(10(12)4-2)6-5-8-14-11/h5-6,8,12H,3-4,7H2,1-2H3,(H,13,14). The third-order valence-corrected chi connectivity index (χ3v) is 2.03. The molecule has 14 heavy (non-hydrogen) atoms. The van der Waals surface area contributed by atoms with Gasteiger partial charge in [-0.15, -0.1) is 0 Å². The summed E-state index contributed by atoms with van der Waals surface area (Å²) in [5.41, 5.74) is 1.56. The van der Waals surface area contributed by atoms with E-state index in [1.165, 1.54) is 0 Å². The van der Waals surface area contributed by atoms with Gasteiger partial charge in [0.2, 0.25) is 0 Å². The zero-order valence-electron chi connectivity index (χ0n) is 8.80. The molecule has 76 valence electrons. The number of nitrogens with zero attached hydrogens (tertiary/aromatic N) is 1. The second-order valence-corrected chi connectivity index (χ2v) is 3.16. The molecule has 0 aliphatic rings. The van der Waals surface area contributed by atoms with Crippen molar-refractivity contribution >= 4 is 11.5 Å². The minimum atomic E-state index is 0.636. The van der Waals surface area contributed by atoms with E-state index in [-0.39, 0.29) is 0 Å². The van der Waals surface area contributed by atoms with Crippen LogP contribution in [-0.4, -0.2) is 17.2 Å². The van der Waals surface area contributed by atoms with Crippen LogP contribution in [0.25, 0.3) is 0 Å². The Balaban J connectivity index is 2.85. The Morgan fingerprint density at radius 2 is 2.29 bits per heavy atom. The third-order valence-electron chi connectivity index (χ3n) is 2.03. The summed E-state index contributed by atoms with van der Waals surface area (Å²) in [5.74, 6) is 0.834. The summed E-state index contributed by atoms with van der Waals surface area (Å²) in [4.78, 5) is 4.23. The highest BCUT2D eigenvalue weighted by molar-refractivity contribution is 6.01. The van der Waals surface area contributed by atoms with E-state index in [0.29, 0.717) is 5.71 Å². The predicted molar refractivity (Wildman–Crippen MR) is 60.1 cm³/mol. The number of nitrogens with one attached hydrogen (secondary N) is 2. The average Bonchev–Trinajstić information content (AvgIpc) is 2.25. The van der Waals surface area contributed by atoms with E-state index in [1.54, 1.807) is 6.20 Å². The van der Waals surface area contributed by atoms with Crippen molar-refractivity contribution in [2.24, 2.45) is 0 Å². The van der Waals surface area contributed by atoms with Gasteiger partial charge in [-0.2, -0.15) is 0 Å². The van der Waals surface area contributed by atoms with Gasteiger partial charge in [0, 0.05) is 24.0 Å². The number of rotatable bonds is 5. The highest BCUT2D eigenvalue weighted by Crippen LogP contribution is 2.13. The van der Waals surface area contributed by atoms with Gasteiger partial charge in [-0.05, 0) is 25.0 Å². The average molecular weight is 191 g/mol. The van der Waals surface area contributed by atoms with Gasteiger partial charge in [-0.3, -0.25) is 0 Å². The number of anilines is 1. The Morgan fingerprint density at radius 3 is 2.93 bits per heavy atom. The molecule has 0 aliphatic heterocycles. The van der Waals surface area contributed by atoms with Crippen LogP contribution >= 0.6 is 0 Å². The molecule has 0 aromatic carbocycles. The maximum Gasteiger partial charge on any atom is 0.135 e. The summed E-state index contributed by atoms with van der Waals surface area (Å²) in [7, 11) is 0. The van der Waals surface area contributed by atoms with Gasteiger partial charge in [0.15, 0.2) is 0 Å². The Bertz CT molecular complexity index is 307. The highest BCUT2D eigenvalue weighted by atomic mass is 15.0. The quantitative estimate of drug-likeness (QED) is 0.703. The highest BCUT2D eigenvalue weighted by Gasteiger charge is 2.05. The van der Waals surface area contributed by atoms with Crippen LogP contribution in [0.4, 0.5) is 5.82 Å². The van der Waals surface area contributed by atoms with Crippen molar-refractivity contribution < 1.29 is 0 Å². The monoisotopic (exact) mass is 191 g/mol. The number of pyridine rings is 1. The van der Waals surface area contributed by atoms with Gasteiger partial charge >= 0.3 is 0 Å². The fourth-order valence-electron chi connectivity index (χ4n) is 1.22. The molecule has 0 unspecified atom stereocenters. The Morgan fingerprint density at radius 1 is 1.50 bits per heavy atom. The summed E-state index contributed by atoms with van der Waals surface area (Å²) in [6.07, 6.45) is 3.56. The van der Waals surface area contributed by atoms with Gasteiger partial charge < -0.3 is 10.7 Å². The summed E-state index contributed by atoms with van der Waals surface area (Å²) in [6.45, 7) is 5.00. The Hall–Kier alpha value is -1.38. The van der Waals surface area contributed by atoms with E-state index < -0.39 is 0 Å². The van der Waals surface area contributed by atoms with E-state index in [4.69, 9.17) is 5.41 Å². The van der Waals surface area contributed by atoms with Crippen LogP contribution in [0.2, 0.25) is 0 Å². The lowest BCUT2D eigenvalue weighted by Crippen LogP contribution is -2.08. The molecule has 0 spiro atoms. The molecule has 0 bridgehead atoms. The van der Waals surface area contributed by atoms with Gasteiger partial charge in [0.05, 0.1) is 0 Å². The largest absolute Gasteiger partial charge is 0.370 e. The van der Waals surface area contributed by atoms with Crippen molar-refractivity contribution in [3.63, 3.8) is 0 Å². The van der Waals surface area contributed by atoms with Crippen LogP contribution in [0.15, 0.2) is 18.3 Å². The van der Waals surface area contributed by atoms with Crippen LogP contribution in [0.1, 0.15) is 32.3 Å². The number of hydrogen-bond acceptors (Lipinski definition) is 3. The van der Waals surface area contributed by atoms with Gasteiger partial charge in [-0.25, -0.2) is 4.98 Å². The van der Waals surface area contributed by atoms with E-state index in [0.717, 1.165) is 30.8 Å². The molecule has 0 radical (unpaired) electrons. The summed E-state index contributed by atoms with van der Waals surface area (Å²) >= 11 is 0. The normalized spacial score (nSPS) is 9.86. The van der Waals surface area contributed by atoms with Crippen molar-refractivity contribution in [3.05, 3.63) is 23.9 Å². The van der Waals surface area contributed by atoms with Crippen molar-refractivity contribution in [2.45, 2.75) is 26.7 Å². The van der Waals surface area contributed by atoms with Crippen LogP contribution in [0.3, 0.4) is 0 Å². The third kappa shape index (κ3) is 2.55. The first-order chi connectivity index (χ1) is 6.79. The van der Waals surface area contributed by atoms with Crippen LogP contribution < -0.4 is 5.32 Å². The lowest BCUT2D eigenvalue weighted by atomic mass is 10.1. The smallest absolute Gasteiger partial charge is 0.135 e. The molecule has 0 aliphatic carbocycles. The first-order valence-electron chi connectivity index (χ1n) is 5.06. The molecule has 3 heteroatoms. The molecule has 0 amide bonds. The van der Waals surface area contributed by atoms with Gasteiger partial charge in [0.1, 0.15) is 5.82 Å². The lowest BCUT2D eigenvalue weighted by Gasteiger charge is -2.09. The Kier molecular flexibility index (Phi) is 4.11. The molecule has 1 aromatic rings. The molecule has 2 N–H and O–H groups in total. The number of hydrogen-bond donors (Lipinski definition) is 2. The SMILES string of the molecule is CCCNc1ncccc1C(=N)CC. The summed E-state index contributed by atoms with van der Waals surface area (Å²) in [5, 5.41) is 11.0. The fourth-order valence-corrected chi connectivity index (χ4v) is 1.22. The zero-order valence-corrected chi connectivity index (χ0v) is 8.80. The molecule has 0 saturated carbocycles. The minimum Gasteiger partial charge on any atom is -0.370 e. The van der Waals surface area contributed by atoms with Crippen molar-refractivity contribution in [1.29, 1.82) is 5.41 Å². The molecule has 0 fully saturated rings. The fraction of sp³-hybridized carbons (Fsp3) is 0.455. The van der Waals surface area contributed by atoms with E-state index in [2.05, 4.69) is 17.2 Å². The molecular formula is C11H17N3. The van der Waals surface area contributed by atoms with Gasteiger partial charge in [-0.1, -0.05) is 13.8 Å². The molecule has 0 atom stereocenters. The van der Waals surface area contributed by atoms with Crippen LogP contribution in [0.5, 0.6) is 0 Å². The minimum absolute atomic E-state index is 0.636. The van der Waals surface area contributed by atoms with Crippen molar-refractivity contribution in [1.82, 2.24) is 4.98 Å². The molecular weight excluding hydrogens is 174 g/mol. The van der Waals surface area contributed by atoms with Gasteiger partial charge in [0.25, 0.3) is 0 Å². The van der Waals surface area contributed by atoms with Crippen molar-refractivity contribution in [2.75, 3.05) is 11.9 Å². The molecule has 3 nitrogen and oxygen atoms in total. The first-order valence-corrected chi connectivity index (χ1v) is 5.06. The lowest BCUT2D eigenvalue weighted by molar-refractivity contribution is 0.968. The molecule has 1 aromatic heterocycles. The van der Waals surface area contributed by atoms with E-state index in [1.807, 2.05) is 19.1 Å². The van der Waals surface area contributed by atoms with Crippen molar-refractivity contribution in [3.8, 4) is 0 Å². The summed E-state index contributed by atoms with van der Waals surface area (Å²) in [6, 6.07) is 3.81. The summed E-state index contributed by atoms with van der Waals surface area (Å²) < 4.78 is 0. The second-order valence-electron chi connectivity index (χ2n) is 3.16. The number of aromatic nitrogens is 1. The maximum absolute atomic E-state index is 7.77. The topological polar surface area (TPSA) is 48.8 Å². The van der Waals surface area contributed by atoms with E-state index in [9.17, 15) is 0 Å². The molecule has 1 rings (SSSR count). The predicted octanol–water partition coefficient (Wildman–Crippen LogP) is 2.68. The second kappa shape index (κ2) is 5.37. The maximum atomic E-state index is 7.77. The first kappa shape index (κ1) is 10.7. The van der Waals surface area contributed by atoms with Crippen LogP contribution in [0, 0.1) is 5.41 Å². The zero-order chi connectivity index (χ0) is 10.4. The van der Waals surface area contributed by atoms with E-state index >= 15 is 0 Å². The molecule has 1 heterocycles. The van der Waals surface area contributed by atoms with Crippen LogP contribution in [-0.2, 0) is 0 Å². The molecule has 0 saturated heterocycles.